The van der Waals surface area contributed by atoms with E-state index in [9.17, 15) is 14.9 Å². The third kappa shape index (κ3) is 5.42. The van der Waals surface area contributed by atoms with Crippen molar-refractivity contribution >= 4 is 17.9 Å². The van der Waals surface area contributed by atoms with Crippen LogP contribution >= 0.6 is 0 Å². The van der Waals surface area contributed by atoms with E-state index in [-0.39, 0.29) is 17.4 Å². The number of nitriles is 1. The second-order valence-corrected chi connectivity index (χ2v) is 9.25. The van der Waals surface area contributed by atoms with Gasteiger partial charge in [0.25, 0.3) is 0 Å². The van der Waals surface area contributed by atoms with Crippen LogP contribution < -0.4 is 5.32 Å². The van der Waals surface area contributed by atoms with Gasteiger partial charge in [0, 0.05) is 0 Å². The summed E-state index contributed by atoms with van der Waals surface area (Å²) < 4.78 is 11.9. The van der Waals surface area contributed by atoms with Gasteiger partial charge in [0.05, 0.1) is 24.4 Å². The molecule has 4 aromatic rings. The number of anilines is 1. The Morgan fingerprint density at radius 2 is 1.58 bits per heavy atom. The minimum absolute atomic E-state index is 0.210. The van der Waals surface area contributed by atoms with Crippen LogP contribution in [0.25, 0.3) is 16.8 Å². The van der Waals surface area contributed by atoms with Crippen LogP contribution in [0.5, 0.6) is 0 Å². The molecule has 38 heavy (non-hydrogen) atoms. The van der Waals surface area contributed by atoms with Crippen LogP contribution in [0.15, 0.2) is 85.1 Å². The van der Waals surface area contributed by atoms with E-state index >= 15 is 0 Å². The molecule has 0 radical (unpaired) electrons. The van der Waals surface area contributed by atoms with Crippen molar-refractivity contribution in [3.05, 3.63) is 102 Å². The fraction of sp³-hybridized carbons (Fsp3) is 0.200. The highest BCUT2D eigenvalue weighted by molar-refractivity contribution is 5.86. The SMILES string of the molecule is COC(=O)C(C)(C)c1ccc(-c2ccc(-n3ncc(C#N)c3NC(=O)O[C@H](C)c3ccccc3)cc2)cc1. The van der Waals surface area contributed by atoms with Gasteiger partial charge in [0.1, 0.15) is 17.7 Å². The van der Waals surface area contributed by atoms with Crippen molar-refractivity contribution in [2.24, 2.45) is 0 Å². The Hall–Kier alpha value is -4.90. The first-order chi connectivity index (χ1) is 18.2. The molecule has 1 atom stereocenters. The van der Waals surface area contributed by atoms with E-state index < -0.39 is 17.6 Å². The number of rotatable bonds is 7. The second kappa shape index (κ2) is 11.0. The van der Waals surface area contributed by atoms with Gasteiger partial charge >= 0.3 is 12.1 Å². The van der Waals surface area contributed by atoms with Crippen molar-refractivity contribution in [3.8, 4) is 22.9 Å². The Bertz CT molecular complexity index is 1470. The average Bonchev–Trinajstić information content (AvgIpc) is 3.35. The number of benzene rings is 3. The van der Waals surface area contributed by atoms with Crippen molar-refractivity contribution < 1.29 is 19.1 Å². The first-order valence-electron chi connectivity index (χ1n) is 12.0. The number of nitrogens with zero attached hydrogens (tertiary/aromatic N) is 3. The van der Waals surface area contributed by atoms with Gasteiger partial charge in [0.15, 0.2) is 5.82 Å². The lowest BCUT2D eigenvalue weighted by molar-refractivity contribution is -0.146. The zero-order valence-electron chi connectivity index (χ0n) is 21.6. The Morgan fingerprint density at radius 1 is 0.974 bits per heavy atom. The van der Waals surface area contributed by atoms with Gasteiger partial charge in [-0.2, -0.15) is 10.4 Å². The zero-order valence-corrected chi connectivity index (χ0v) is 21.6. The predicted octanol–water partition coefficient (Wildman–Crippen LogP) is 6.17. The minimum atomic E-state index is -0.751. The molecule has 192 valence electrons. The third-order valence-corrected chi connectivity index (χ3v) is 6.41. The van der Waals surface area contributed by atoms with Gasteiger partial charge in [0.2, 0.25) is 0 Å². The molecule has 1 heterocycles. The lowest BCUT2D eigenvalue weighted by atomic mass is 9.84. The summed E-state index contributed by atoms with van der Waals surface area (Å²) in [5.74, 6) is -0.0757. The molecule has 0 saturated carbocycles. The quantitative estimate of drug-likeness (QED) is 0.299. The van der Waals surface area contributed by atoms with Crippen molar-refractivity contribution in [1.82, 2.24) is 9.78 Å². The molecule has 0 aliphatic rings. The number of aromatic nitrogens is 2. The van der Waals surface area contributed by atoms with Crippen molar-refractivity contribution in [2.45, 2.75) is 32.3 Å². The summed E-state index contributed by atoms with van der Waals surface area (Å²) in [7, 11) is 1.38. The predicted molar refractivity (Wildman–Crippen MR) is 144 cm³/mol. The van der Waals surface area contributed by atoms with Gasteiger partial charge in [-0.05, 0) is 55.2 Å². The van der Waals surface area contributed by atoms with E-state index in [4.69, 9.17) is 9.47 Å². The molecular weight excluding hydrogens is 480 g/mol. The highest BCUT2D eigenvalue weighted by Gasteiger charge is 2.30. The molecule has 0 fully saturated rings. The number of esters is 1. The first-order valence-corrected chi connectivity index (χ1v) is 12.0. The van der Waals surface area contributed by atoms with Crippen molar-refractivity contribution in [1.29, 1.82) is 5.26 Å². The van der Waals surface area contributed by atoms with E-state index in [2.05, 4.69) is 16.5 Å². The molecule has 8 nitrogen and oxygen atoms in total. The topological polar surface area (TPSA) is 106 Å². The van der Waals surface area contributed by atoms with Gasteiger partial charge in [-0.1, -0.05) is 66.7 Å². The lowest BCUT2D eigenvalue weighted by Gasteiger charge is -2.22. The van der Waals surface area contributed by atoms with Crippen LogP contribution in [0.3, 0.4) is 0 Å². The molecule has 0 spiro atoms. The summed E-state index contributed by atoms with van der Waals surface area (Å²) in [5, 5.41) is 16.5. The molecule has 1 N–H and O–H groups in total. The summed E-state index contributed by atoms with van der Waals surface area (Å²) >= 11 is 0. The molecule has 0 aliphatic carbocycles. The smallest absolute Gasteiger partial charge is 0.413 e. The molecule has 1 amide bonds. The van der Waals surface area contributed by atoms with Crippen LogP contribution in [-0.2, 0) is 19.7 Å². The van der Waals surface area contributed by atoms with Gasteiger partial charge in [-0.3, -0.25) is 10.1 Å². The van der Waals surface area contributed by atoms with Gasteiger partial charge in [-0.15, -0.1) is 0 Å². The largest absolute Gasteiger partial charge is 0.468 e. The number of amides is 1. The van der Waals surface area contributed by atoms with Crippen LogP contribution in [0, 0.1) is 11.3 Å². The minimum Gasteiger partial charge on any atom is -0.468 e. The molecule has 8 heteroatoms. The fourth-order valence-corrected chi connectivity index (χ4v) is 4.07. The summed E-state index contributed by atoms with van der Waals surface area (Å²) in [5.41, 5.74) is 3.75. The number of carbonyl (C=O) groups is 2. The first kappa shape index (κ1) is 26.2. The highest BCUT2D eigenvalue weighted by atomic mass is 16.6. The maximum absolute atomic E-state index is 12.6. The lowest BCUT2D eigenvalue weighted by Crippen LogP contribution is -2.30. The summed E-state index contributed by atoms with van der Waals surface area (Å²) in [6, 6.07) is 26.7. The standard InChI is InChI=1S/C30H28N4O4/c1-20(21-8-6-5-7-9-21)38-29(36)33-27-24(18-31)19-32-34(27)26-16-12-23(13-17-26)22-10-14-25(15-11-22)30(2,3)28(35)37-4/h5-17,19-20H,1-4H3,(H,33,36)/t20-/m1/s1. The number of nitrogens with one attached hydrogen (secondary N) is 1. The van der Waals surface area contributed by atoms with E-state index in [0.29, 0.717) is 5.69 Å². The number of ether oxygens (including phenoxy) is 2. The third-order valence-electron chi connectivity index (χ3n) is 6.41. The van der Waals surface area contributed by atoms with E-state index in [0.717, 1.165) is 22.3 Å². The molecule has 4 rings (SSSR count). The highest BCUT2D eigenvalue weighted by Crippen LogP contribution is 2.29. The second-order valence-electron chi connectivity index (χ2n) is 9.25. The number of carbonyl (C=O) groups excluding carboxylic acids is 2. The van der Waals surface area contributed by atoms with Crippen LogP contribution in [0.1, 0.15) is 43.6 Å². The summed E-state index contributed by atoms with van der Waals surface area (Å²) in [4.78, 5) is 24.7. The molecule has 0 aliphatic heterocycles. The molecule has 1 aromatic heterocycles. The monoisotopic (exact) mass is 508 g/mol. The maximum atomic E-state index is 12.6. The Labute approximate surface area is 221 Å². The molecule has 3 aromatic carbocycles. The molecular formula is C30H28N4O4. The van der Waals surface area contributed by atoms with Crippen LogP contribution in [0.4, 0.5) is 10.6 Å². The Balaban J connectivity index is 1.52. The Morgan fingerprint density at radius 3 is 2.16 bits per heavy atom. The van der Waals surface area contributed by atoms with E-state index in [1.54, 1.807) is 6.92 Å². The normalized spacial score (nSPS) is 11.8. The molecule has 0 unspecified atom stereocenters. The number of methoxy groups -OCH3 is 1. The van der Waals surface area contributed by atoms with Crippen molar-refractivity contribution in [2.75, 3.05) is 12.4 Å². The van der Waals surface area contributed by atoms with Crippen LogP contribution in [0.2, 0.25) is 0 Å². The summed E-state index contributed by atoms with van der Waals surface area (Å²) in [6.45, 7) is 5.43. The Kier molecular flexibility index (Phi) is 7.58. The zero-order chi connectivity index (χ0) is 27.3. The van der Waals surface area contributed by atoms with E-state index in [1.165, 1.54) is 18.0 Å². The molecule has 0 saturated heterocycles. The number of hydrogen-bond donors (Lipinski definition) is 1. The van der Waals surface area contributed by atoms with Gasteiger partial charge in [-0.25, -0.2) is 9.48 Å². The average molecular weight is 509 g/mol. The van der Waals surface area contributed by atoms with Crippen LogP contribution in [-0.4, -0.2) is 29.0 Å². The van der Waals surface area contributed by atoms with E-state index in [1.807, 2.05) is 92.7 Å². The van der Waals surface area contributed by atoms with Crippen molar-refractivity contribution in [3.63, 3.8) is 0 Å². The maximum Gasteiger partial charge on any atom is 0.413 e. The molecule has 0 bridgehead atoms. The number of hydrogen-bond acceptors (Lipinski definition) is 6. The summed E-state index contributed by atoms with van der Waals surface area (Å²) in [6.07, 6.45) is 0.236. The van der Waals surface area contributed by atoms with Gasteiger partial charge < -0.3 is 9.47 Å². The fourth-order valence-electron chi connectivity index (χ4n) is 4.07.